The Bertz CT molecular complexity index is 1130. The summed E-state index contributed by atoms with van der Waals surface area (Å²) < 4.78 is 38.9. The summed E-state index contributed by atoms with van der Waals surface area (Å²) in [5.74, 6) is 0.536. The Morgan fingerprint density at radius 3 is 2.73 bits per heavy atom. The van der Waals surface area contributed by atoms with Crippen molar-refractivity contribution >= 4 is 38.9 Å². The SMILES string of the molecule is C=C(c1nccc2cc(Nc3n[nH]c4cccnc34)ccc12)C(F)(F)F. The Balaban J connectivity index is 1.74. The smallest absolute Gasteiger partial charge is 0.337 e. The number of benzene rings is 1. The molecule has 4 rings (SSSR count). The standard InChI is InChI=1S/C18H12F3N5/c1-10(18(19,20)21)15-13-5-4-12(9-11(13)6-8-23-15)24-17-16-14(25-26-17)3-2-7-22-16/h2-9H,1H2,(H2,24,25,26). The van der Waals surface area contributed by atoms with Gasteiger partial charge in [-0.2, -0.15) is 18.3 Å². The summed E-state index contributed by atoms with van der Waals surface area (Å²) in [6.45, 7) is 3.14. The van der Waals surface area contributed by atoms with Gasteiger partial charge in [-0.1, -0.05) is 12.6 Å². The van der Waals surface area contributed by atoms with Crippen molar-refractivity contribution in [2.24, 2.45) is 0 Å². The number of anilines is 2. The minimum atomic E-state index is -4.53. The van der Waals surface area contributed by atoms with E-state index in [1.54, 1.807) is 36.5 Å². The Hall–Kier alpha value is -3.42. The van der Waals surface area contributed by atoms with E-state index >= 15 is 0 Å². The number of hydrogen-bond donors (Lipinski definition) is 2. The van der Waals surface area contributed by atoms with Gasteiger partial charge in [0.15, 0.2) is 5.82 Å². The van der Waals surface area contributed by atoms with E-state index in [-0.39, 0.29) is 5.69 Å². The molecule has 0 saturated carbocycles. The van der Waals surface area contributed by atoms with Crippen molar-refractivity contribution < 1.29 is 13.2 Å². The fourth-order valence-corrected chi connectivity index (χ4v) is 2.71. The summed E-state index contributed by atoms with van der Waals surface area (Å²) in [6.07, 6.45) is -1.54. The summed E-state index contributed by atoms with van der Waals surface area (Å²) in [5, 5.41) is 11.2. The number of fused-ring (bicyclic) bond motifs is 2. The third-order valence-corrected chi connectivity index (χ3v) is 3.98. The Kier molecular flexibility index (Phi) is 3.61. The first-order valence-electron chi connectivity index (χ1n) is 7.65. The molecular weight excluding hydrogens is 343 g/mol. The molecule has 0 radical (unpaired) electrons. The second-order valence-electron chi connectivity index (χ2n) is 5.67. The van der Waals surface area contributed by atoms with E-state index in [0.29, 0.717) is 27.8 Å². The zero-order chi connectivity index (χ0) is 18.3. The van der Waals surface area contributed by atoms with Crippen LogP contribution >= 0.6 is 0 Å². The van der Waals surface area contributed by atoms with Gasteiger partial charge in [0.1, 0.15) is 5.52 Å². The van der Waals surface area contributed by atoms with Gasteiger partial charge in [-0.3, -0.25) is 15.1 Å². The lowest BCUT2D eigenvalue weighted by Gasteiger charge is -2.12. The number of H-pyrrole nitrogens is 1. The van der Waals surface area contributed by atoms with Crippen LogP contribution in [0.5, 0.6) is 0 Å². The molecule has 0 aliphatic carbocycles. The first-order chi connectivity index (χ1) is 12.4. The van der Waals surface area contributed by atoms with Crippen LogP contribution in [0.15, 0.2) is 55.4 Å². The molecule has 0 fully saturated rings. The average molecular weight is 355 g/mol. The molecule has 3 aromatic heterocycles. The molecule has 0 amide bonds. The van der Waals surface area contributed by atoms with E-state index in [1.807, 2.05) is 6.07 Å². The second kappa shape index (κ2) is 5.83. The first kappa shape index (κ1) is 16.1. The van der Waals surface area contributed by atoms with Crippen LogP contribution in [-0.2, 0) is 0 Å². The van der Waals surface area contributed by atoms with Crippen molar-refractivity contribution in [1.29, 1.82) is 0 Å². The lowest BCUT2D eigenvalue weighted by molar-refractivity contribution is -0.0688. The summed E-state index contributed by atoms with van der Waals surface area (Å²) in [6, 6.07) is 10.3. The largest absolute Gasteiger partial charge is 0.417 e. The van der Waals surface area contributed by atoms with Gasteiger partial charge in [-0.15, -0.1) is 0 Å². The number of rotatable bonds is 3. The molecule has 0 unspecified atom stereocenters. The fraction of sp³-hybridized carbons (Fsp3) is 0.0556. The van der Waals surface area contributed by atoms with Crippen molar-refractivity contribution in [3.63, 3.8) is 0 Å². The summed E-state index contributed by atoms with van der Waals surface area (Å²) in [5.41, 5.74) is 0.989. The minimum Gasteiger partial charge on any atom is -0.337 e. The average Bonchev–Trinajstić information content (AvgIpc) is 3.03. The first-order valence-corrected chi connectivity index (χ1v) is 7.65. The topological polar surface area (TPSA) is 66.5 Å². The monoisotopic (exact) mass is 355 g/mol. The van der Waals surface area contributed by atoms with Crippen LogP contribution in [0.4, 0.5) is 24.7 Å². The number of halogens is 3. The molecule has 130 valence electrons. The van der Waals surface area contributed by atoms with E-state index in [9.17, 15) is 13.2 Å². The van der Waals surface area contributed by atoms with Gasteiger partial charge in [-0.25, -0.2) is 0 Å². The highest BCUT2D eigenvalue weighted by molar-refractivity contribution is 5.95. The van der Waals surface area contributed by atoms with Gasteiger partial charge in [-0.05, 0) is 35.7 Å². The summed E-state index contributed by atoms with van der Waals surface area (Å²) >= 11 is 0. The molecule has 1 aromatic carbocycles. The van der Waals surface area contributed by atoms with E-state index in [2.05, 4.69) is 32.1 Å². The molecule has 0 aliphatic heterocycles. The summed E-state index contributed by atoms with van der Waals surface area (Å²) in [7, 11) is 0. The number of aromatic nitrogens is 4. The van der Waals surface area contributed by atoms with E-state index in [1.165, 1.54) is 6.20 Å². The van der Waals surface area contributed by atoms with Crippen molar-refractivity contribution in [2.45, 2.75) is 6.18 Å². The molecule has 4 aromatic rings. The number of allylic oxidation sites excluding steroid dienone is 1. The third-order valence-electron chi connectivity index (χ3n) is 3.98. The van der Waals surface area contributed by atoms with Gasteiger partial charge in [0.2, 0.25) is 0 Å². The number of nitrogens with one attached hydrogen (secondary N) is 2. The Labute approximate surface area is 145 Å². The molecule has 0 aliphatic rings. The number of aromatic amines is 1. The van der Waals surface area contributed by atoms with Crippen LogP contribution in [0.2, 0.25) is 0 Å². The van der Waals surface area contributed by atoms with Crippen LogP contribution in [0.1, 0.15) is 5.69 Å². The summed E-state index contributed by atoms with van der Waals surface area (Å²) in [4.78, 5) is 8.11. The molecule has 0 atom stereocenters. The number of hydrogen-bond acceptors (Lipinski definition) is 4. The van der Waals surface area contributed by atoms with Crippen molar-refractivity contribution in [1.82, 2.24) is 20.2 Å². The van der Waals surface area contributed by atoms with Crippen molar-refractivity contribution in [2.75, 3.05) is 5.32 Å². The lowest BCUT2D eigenvalue weighted by atomic mass is 10.0. The zero-order valence-electron chi connectivity index (χ0n) is 13.3. The van der Waals surface area contributed by atoms with Gasteiger partial charge >= 0.3 is 6.18 Å². The molecule has 26 heavy (non-hydrogen) atoms. The van der Waals surface area contributed by atoms with Crippen molar-refractivity contribution in [3.8, 4) is 0 Å². The zero-order valence-corrected chi connectivity index (χ0v) is 13.3. The van der Waals surface area contributed by atoms with Gasteiger partial charge in [0, 0.05) is 23.5 Å². The Morgan fingerprint density at radius 2 is 1.92 bits per heavy atom. The number of pyridine rings is 2. The molecular formula is C18H12F3N5. The lowest BCUT2D eigenvalue weighted by Crippen LogP contribution is -2.11. The van der Waals surface area contributed by atoms with E-state index in [0.717, 1.165) is 5.52 Å². The van der Waals surface area contributed by atoms with E-state index in [4.69, 9.17) is 0 Å². The second-order valence-corrected chi connectivity index (χ2v) is 5.67. The van der Waals surface area contributed by atoms with Gasteiger partial charge in [0.25, 0.3) is 0 Å². The molecule has 2 N–H and O–H groups in total. The third kappa shape index (κ3) is 2.75. The fourth-order valence-electron chi connectivity index (χ4n) is 2.71. The molecule has 5 nitrogen and oxygen atoms in total. The van der Waals surface area contributed by atoms with Crippen LogP contribution in [0, 0.1) is 0 Å². The predicted molar refractivity (Wildman–Crippen MR) is 94.0 cm³/mol. The number of nitrogens with zero attached hydrogens (tertiary/aromatic N) is 3. The molecule has 3 heterocycles. The highest BCUT2D eigenvalue weighted by atomic mass is 19.4. The molecule has 0 saturated heterocycles. The van der Waals surface area contributed by atoms with Crippen LogP contribution < -0.4 is 5.32 Å². The van der Waals surface area contributed by atoms with Gasteiger partial charge < -0.3 is 5.32 Å². The highest BCUT2D eigenvalue weighted by Crippen LogP contribution is 2.35. The van der Waals surface area contributed by atoms with Crippen LogP contribution in [0.3, 0.4) is 0 Å². The van der Waals surface area contributed by atoms with Crippen LogP contribution in [-0.4, -0.2) is 26.3 Å². The molecule has 8 heteroatoms. The molecule has 0 bridgehead atoms. The number of alkyl halides is 3. The predicted octanol–water partition coefficient (Wildman–Crippen LogP) is 4.83. The quantitative estimate of drug-likeness (QED) is 0.553. The maximum absolute atomic E-state index is 13.0. The molecule has 0 spiro atoms. The minimum absolute atomic E-state index is 0.173. The maximum atomic E-state index is 13.0. The van der Waals surface area contributed by atoms with Crippen molar-refractivity contribution in [3.05, 3.63) is 61.1 Å². The van der Waals surface area contributed by atoms with E-state index < -0.39 is 11.7 Å². The normalized spacial score (nSPS) is 11.8. The van der Waals surface area contributed by atoms with Gasteiger partial charge in [0.05, 0.1) is 16.8 Å². The van der Waals surface area contributed by atoms with Crippen LogP contribution in [0.25, 0.3) is 27.4 Å². The maximum Gasteiger partial charge on any atom is 0.417 e. The Morgan fingerprint density at radius 1 is 1.08 bits per heavy atom. The highest BCUT2D eigenvalue weighted by Gasteiger charge is 2.34.